The van der Waals surface area contributed by atoms with Crippen molar-refractivity contribution in [3.63, 3.8) is 0 Å². The summed E-state index contributed by atoms with van der Waals surface area (Å²) < 4.78 is 18.6. The molecule has 6 heteroatoms. The lowest BCUT2D eigenvalue weighted by Crippen LogP contribution is -2.12. The molecule has 1 heterocycles. The number of carbonyl (C=O) groups is 1. The van der Waals surface area contributed by atoms with E-state index in [2.05, 4.69) is 15.6 Å². The van der Waals surface area contributed by atoms with E-state index in [1.807, 2.05) is 31.2 Å². The van der Waals surface area contributed by atoms with E-state index in [1.165, 1.54) is 24.4 Å². The van der Waals surface area contributed by atoms with Crippen LogP contribution in [0.2, 0.25) is 0 Å². The maximum absolute atomic E-state index is 13.2. The minimum atomic E-state index is -0.453. The number of nitrogens with one attached hydrogen (secondary N) is 2. The highest BCUT2D eigenvalue weighted by atomic mass is 19.1. The number of carbonyl (C=O) groups excluding carboxylic acids is 1. The van der Waals surface area contributed by atoms with Crippen LogP contribution in [0.4, 0.5) is 21.6 Å². The summed E-state index contributed by atoms with van der Waals surface area (Å²) in [4.78, 5) is 16.4. The average molecular weight is 351 g/mol. The summed E-state index contributed by atoms with van der Waals surface area (Å²) in [6.07, 6.45) is 1.54. The number of benzene rings is 2. The number of anilines is 3. The molecule has 0 aliphatic heterocycles. The van der Waals surface area contributed by atoms with Crippen molar-refractivity contribution in [2.45, 2.75) is 6.92 Å². The first-order valence-corrected chi connectivity index (χ1v) is 8.17. The molecule has 2 N–H and O–H groups in total. The lowest BCUT2D eigenvalue weighted by molar-refractivity contribution is 0.102. The highest BCUT2D eigenvalue weighted by Gasteiger charge is 2.07. The van der Waals surface area contributed by atoms with Crippen molar-refractivity contribution < 1.29 is 13.9 Å². The summed E-state index contributed by atoms with van der Waals surface area (Å²) in [5.74, 6) is 0.600. The maximum Gasteiger partial charge on any atom is 0.255 e. The summed E-state index contributed by atoms with van der Waals surface area (Å²) in [5.41, 5.74) is 1.65. The van der Waals surface area contributed by atoms with Crippen LogP contribution in [0.3, 0.4) is 0 Å². The Morgan fingerprint density at radius 3 is 2.50 bits per heavy atom. The number of halogens is 1. The molecule has 0 aliphatic rings. The van der Waals surface area contributed by atoms with Crippen LogP contribution in [0.5, 0.6) is 5.75 Å². The van der Waals surface area contributed by atoms with E-state index in [9.17, 15) is 9.18 Å². The summed E-state index contributed by atoms with van der Waals surface area (Å²) in [6.45, 7) is 2.56. The van der Waals surface area contributed by atoms with Gasteiger partial charge in [0.25, 0.3) is 5.91 Å². The van der Waals surface area contributed by atoms with E-state index in [4.69, 9.17) is 4.74 Å². The Morgan fingerprint density at radius 1 is 1.08 bits per heavy atom. The summed E-state index contributed by atoms with van der Waals surface area (Å²) in [6, 6.07) is 16.5. The first-order valence-electron chi connectivity index (χ1n) is 8.17. The molecule has 1 aromatic heterocycles. The molecule has 1 amide bonds. The number of hydrogen-bond donors (Lipinski definition) is 2. The van der Waals surface area contributed by atoms with Crippen LogP contribution in [0.1, 0.15) is 17.3 Å². The SMILES string of the molecule is CCOc1ccc(Nc2ccc(NC(=O)c3cccc(F)c3)cn2)cc1. The van der Waals surface area contributed by atoms with E-state index < -0.39 is 11.7 Å². The van der Waals surface area contributed by atoms with Crippen molar-refractivity contribution >= 4 is 23.1 Å². The standard InChI is InChI=1S/C20H18FN3O2/c1-2-26-18-9-6-16(7-10-18)23-19-11-8-17(13-22-19)24-20(25)14-4-3-5-15(21)12-14/h3-13H,2H2,1H3,(H,22,23)(H,24,25). The van der Waals surface area contributed by atoms with Gasteiger partial charge in [0.15, 0.2) is 0 Å². The monoisotopic (exact) mass is 351 g/mol. The molecule has 3 aromatic rings. The Labute approximate surface area is 150 Å². The third kappa shape index (κ3) is 4.57. The fourth-order valence-electron chi connectivity index (χ4n) is 2.32. The molecule has 0 fully saturated rings. The van der Waals surface area contributed by atoms with E-state index in [0.717, 1.165) is 11.4 Å². The molecule has 132 valence electrons. The van der Waals surface area contributed by atoms with E-state index in [0.29, 0.717) is 18.1 Å². The number of hydrogen-bond acceptors (Lipinski definition) is 4. The Morgan fingerprint density at radius 2 is 1.85 bits per heavy atom. The molecule has 0 saturated heterocycles. The second-order valence-electron chi connectivity index (χ2n) is 5.48. The number of nitrogens with zero attached hydrogens (tertiary/aromatic N) is 1. The van der Waals surface area contributed by atoms with Gasteiger partial charge in [-0.3, -0.25) is 4.79 Å². The molecule has 0 radical (unpaired) electrons. The Balaban J connectivity index is 1.62. The molecule has 0 saturated carbocycles. The highest BCUT2D eigenvalue weighted by molar-refractivity contribution is 6.04. The Bertz CT molecular complexity index is 880. The maximum atomic E-state index is 13.2. The van der Waals surface area contributed by atoms with Gasteiger partial charge in [-0.15, -0.1) is 0 Å². The Kier molecular flexibility index (Phi) is 5.43. The molecule has 0 spiro atoms. The number of amides is 1. The zero-order chi connectivity index (χ0) is 18.4. The van der Waals surface area contributed by atoms with Crippen LogP contribution >= 0.6 is 0 Å². The fraction of sp³-hybridized carbons (Fsp3) is 0.100. The van der Waals surface area contributed by atoms with E-state index >= 15 is 0 Å². The second-order valence-corrected chi connectivity index (χ2v) is 5.48. The number of aromatic nitrogens is 1. The van der Waals surface area contributed by atoms with Gasteiger partial charge < -0.3 is 15.4 Å². The van der Waals surface area contributed by atoms with Gasteiger partial charge in [0.2, 0.25) is 0 Å². The predicted molar refractivity (Wildman–Crippen MR) is 99.5 cm³/mol. The topological polar surface area (TPSA) is 63.2 Å². The largest absolute Gasteiger partial charge is 0.494 e. The molecule has 0 aliphatic carbocycles. The molecule has 0 atom stereocenters. The summed E-state index contributed by atoms with van der Waals surface area (Å²) >= 11 is 0. The smallest absolute Gasteiger partial charge is 0.255 e. The zero-order valence-corrected chi connectivity index (χ0v) is 14.2. The van der Waals surface area contributed by atoms with Gasteiger partial charge in [0, 0.05) is 11.3 Å². The minimum Gasteiger partial charge on any atom is -0.494 e. The summed E-state index contributed by atoms with van der Waals surface area (Å²) in [5, 5.41) is 5.85. The van der Waals surface area contributed by atoms with Crippen LogP contribution in [0, 0.1) is 5.82 Å². The van der Waals surface area contributed by atoms with Gasteiger partial charge in [-0.05, 0) is 61.5 Å². The zero-order valence-electron chi connectivity index (χ0n) is 14.2. The van der Waals surface area contributed by atoms with Crippen molar-refractivity contribution in [3.05, 3.63) is 78.2 Å². The fourth-order valence-corrected chi connectivity index (χ4v) is 2.32. The van der Waals surface area contributed by atoms with Gasteiger partial charge in [-0.2, -0.15) is 0 Å². The van der Waals surface area contributed by atoms with E-state index in [-0.39, 0.29) is 5.56 Å². The number of pyridine rings is 1. The van der Waals surface area contributed by atoms with Crippen molar-refractivity contribution in [2.75, 3.05) is 17.2 Å². The third-order valence-electron chi connectivity index (χ3n) is 3.55. The van der Waals surface area contributed by atoms with Gasteiger partial charge in [0.1, 0.15) is 17.4 Å². The molecule has 2 aromatic carbocycles. The van der Waals surface area contributed by atoms with Crippen LogP contribution < -0.4 is 15.4 Å². The van der Waals surface area contributed by atoms with Gasteiger partial charge in [0.05, 0.1) is 18.5 Å². The van der Waals surface area contributed by atoms with Crippen LogP contribution in [0.15, 0.2) is 66.9 Å². The van der Waals surface area contributed by atoms with Crippen molar-refractivity contribution in [3.8, 4) is 5.75 Å². The van der Waals surface area contributed by atoms with Gasteiger partial charge in [-0.1, -0.05) is 6.07 Å². The molecular formula is C20H18FN3O2. The average Bonchev–Trinajstić information content (AvgIpc) is 2.65. The quantitative estimate of drug-likeness (QED) is 0.680. The Hall–Kier alpha value is -3.41. The molecular weight excluding hydrogens is 333 g/mol. The number of ether oxygens (including phenoxy) is 1. The third-order valence-corrected chi connectivity index (χ3v) is 3.55. The molecule has 0 bridgehead atoms. The van der Waals surface area contributed by atoms with E-state index in [1.54, 1.807) is 18.2 Å². The van der Waals surface area contributed by atoms with Crippen molar-refractivity contribution in [1.82, 2.24) is 4.98 Å². The molecule has 5 nitrogen and oxygen atoms in total. The number of rotatable bonds is 6. The van der Waals surface area contributed by atoms with Crippen molar-refractivity contribution in [1.29, 1.82) is 0 Å². The lowest BCUT2D eigenvalue weighted by Gasteiger charge is -2.09. The lowest BCUT2D eigenvalue weighted by atomic mass is 10.2. The molecule has 3 rings (SSSR count). The first kappa shape index (κ1) is 17.4. The van der Waals surface area contributed by atoms with Crippen LogP contribution in [-0.4, -0.2) is 17.5 Å². The second kappa shape index (κ2) is 8.11. The summed E-state index contributed by atoms with van der Waals surface area (Å²) in [7, 11) is 0. The molecule has 0 unspecified atom stereocenters. The predicted octanol–water partition coefficient (Wildman–Crippen LogP) is 4.62. The van der Waals surface area contributed by atoms with Crippen LogP contribution in [0.25, 0.3) is 0 Å². The highest BCUT2D eigenvalue weighted by Crippen LogP contribution is 2.20. The van der Waals surface area contributed by atoms with Crippen molar-refractivity contribution in [2.24, 2.45) is 0 Å². The normalized spacial score (nSPS) is 10.2. The molecule has 26 heavy (non-hydrogen) atoms. The minimum absolute atomic E-state index is 0.251. The van der Waals surface area contributed by atoms with Gasteiger partial charge >= 0.3 is 0 Å². The van der Waals surface area contributed by atoms with Gasteiger partial charge in [-0.25, -0.2) is 9.37 Å². The first-order chi connectivity index (χ1) is 12.6. The van der Waals surface area contributed by atoms with Crippen LogP contribution in [-0.2, 0) is 0 Å².